The van der Waals surface area contributed by atoms with Gasteiger partial charge >= 0.3 is 5.97 Å². The molecule has 4 nitrogen and oxygen atoms in total. The van der Waals surface area contributed by atoms with E-state index in [1.807, 2.05) is 0 Å². The number of hydrogen-bond donors (Lipinski definition) is 2. The third-order valence-electron chi connectivity index (χ3n) is 14.7. The van der Waals surface area contributed by atoms with Gasteiger partial charge in [-0.15, -0.1) is 0 Å². The number of phenols is 2. The number of carbonyl (C=O) groups excluding carboxylic acids is 1. The Balaban J connectivity index is 1.27. The van der Waals surface area contributed by atoms with E-state index in [4.69, 9.17) is 4.74 Å². The highest BCUT2D eigenvalue weighted by Crippen LogP contribution is 2.75. The van der Waals surface area contributed by atoms with E-state index >= 15 is 0 Å². The fraction of sp³-hybridized carbons (Fsp3) is 0.718. The summed E-state index contributed by atoms with van der Waals surface area (Å²) >= 11 is 0. The molecule has 0 aliphatic heterocycles. The van der Waals surface area contributed by atoms with E-state index in [0.29, 0.717) is 28.9 Å². The van der Waals surface area contributed by atoms with Crippen molar-refractivity contribution >= 4 is 12.0 Å². The Morgan fingerprint density at radius 3 is 2.44 bits per heavy atom. The van der Waals surface area contributed by atoms with Crippen LogP contribution in [0.5, 0.6) is 11.5 Å². The molecule has 9 unspecified atom stereocenters. The molecule has 4 heteroatoms. The first-order chi connectivity index (χ1) is 20.1. The van der Waals surface area contributed by atoms with Crippen LogP contribution < -0.4 is 0 Å². The van der Waals surface area contributed by atoms with Gasteiger partial charge in [0, 0.05) is 11.5 Å². The Bertz CT molecular complexity index is 1320. The van der Waals surface area contributed by atoms with E-state index in [0.717, 1.165) is 36.5 Å². The number of esters is 1. The molecule has 0 heterocycles. The summed E-state index contributed by atoms with van der Waals surface area (Å²) in [6.07, 6.45) is 18.3. The zero-order valence-electron chi connectivity index (χ0n) is 27.8. The van der Waals surface area contributed by atoms with Crippen LogP contribution in [0.2, 0.25) is 0 Å². The average Bonchev–Trinajstić information content (AvgIpc) is 2.95. The van der Waals surface area contributed by atoms with Crippen LogP contribution in [-0.4, -0.2) is 22.8 Å². The number of aromatic hydroxyl groups is 2. The number of benzene rings is 1. The number of phenolic OH excluding ortho intramolecular Hbond substituents is 2. The lowest BCUT2D eigenvalue weighted by atomic mass is 9.34. The van der Waals surface area contributed by atoms with E-state index < -0.39 is 0 Å². The van der Waals surface area contributed by atoms with Crippen LogP contribution in [0.25, 0.3) is 6.08 Å². The SMILES string of the molecule is CC1CCC2(C)C(CCC3(C)C2CC=C2C4CC(C)(C)CCC4(COC(=O)/C=C/c4ccc(O)c(O)c4)CCC23C)C1C. The summed E-state index contributed by atoms with van der Waals surface area (Å²) in [5.74, 6) is 3.01. The van der Waals surface area contributed by atoms with Gasteiger partial charge in [-0.25, -0.2) is 4.79 Å². The molecule has 0 spiro atoms. The van der Waals surface area contributed by atoms with Gasteiger partial charge in [0.05, 0.1) is 6.61 Å². The van der Waals surface area contributed by atoms with E-state index in [-0.39, 0.29) is 33.7 Å². The zero-order chi connectivity index (χ0) is 31.0. The summed E-state index contributed by atoms with van der Waals surface area (Å²) in [5.41, 5.74) is 3.58. The number of fused-ring (bicyclic) bond motifs is 7. The molecule has 0 radical (unpaired) electrons. The minimum Gasteiger partial charge on any atom is -0.504 e. The van der Waals surface area contributed by atoms with Gasteiger partial charge in [-0.3, -0.25) is 0 Å². The van der Waals surface area contributed by atoms with Crippen molar-refractivity contribution in [3.05, 3.63) is 41.5 Å². The summed E-state index contributed by atoms with van der Waals surface area (Å²) in [7, 11) is 0. The van der Waals surface area contributed by atoms with Gasteiger partial charge < -0.3 is 14.9 Å². The molecule has 4 fully saturated rings. The van der Waals surface area contributed by atoms with Crippen LogP contribution >= 0.6 is 0 Å². The van der Waals surface area contributed by atoms with E-state index in [1.54, 1.807) is 17.7 Å². The molecule has 0 bridgehead atoms. The van der Waals surface area contributed by atoms with Crippen LogP contribution in [0.4, 0.5) is 0 Å². The van der Waals surface area contributed by atoms with Gasteiger partial charge in [0.2, 0.25) is 0 Å². The van der Waals surface area contributed by atoms with Crippen molar-refractivity contribution in [2.45, 2.75) is 113 Å². The zero-order valence-corrected chi connectivity index (χ0v) is 27.8. The average molecular weight is 589 g/mol. The first-order valence-corrected chi connectivity index (χ1v) is 17.2. The highest BCUT2D eigenvalue weighted by Gasteiger charge is 2.67. The molecule has 6 rings (SSSR count). The first-order valence-electron chi connectivity index (χ1n) is 17.2. The minimum atomic E-state index is -0.338. The summed E-state index contributed by atoms with van der Waals surface area (Å²) in [5, 5.41) is 19.4. The van der Waals surface area contributed by atoms with Crippen LogP contribution in [0.15, 0.2) is 35.9 Å². The predicted molar refractivity (Wildman–Crippen MR) is 173 cm³/mol. The van der Waals surface area contributed by atoms with Crippen molar-refractivity contribution < 1.29 is 19.7 Å². The van der Waals surface area contributed by atoms with Crippen molar-refractivity contribution in [2.75, 3.05) is 6.61 Å². The topological polar surface area (TPSA) is 66.8 Å². The van der Waals surface area contributed by atoms with Crippen LogP contribution in [0.1, 0.15) is 118 Å². The van der Waals surface area contributed by atoms with Crippen LogP contribution in [-0.2, 0) is 9.53 Å². The van der Waals surface area contributed by atoms with E-state index in [9.17, 15) is 15.0 Å². The summed E-state index contributed by atoms with van der Waals surface area (Å²) in [6, 6.07) is 4.55. The summed E-state index contributed by atoms with van der Waals surface area (Å²) in [4.78, 5) is 13.0. The highest BCUT2D eigenvalue weighted by atomic mass is 16.5. The molecule has 1 aromatic rings. The van der Waals surface area contributed by atoms with E-state index in [1.165, 1.54) is 69.6 Å². The lowest BCUT2D eigenvalue weighted by Crippen LogP contribution is -2.63. The Labute approximate surface area is 260 Å². The second-order valence-corrected chi connectivity index (χ2v) is 17.2. The number of carbonyl (C=O) groups is 1. The lowest BCUT2D eigenvalue weighted by molar-refractivity contribution is -0.178. The van der Waals surface area contributed by atoms with Crippen molar-refractivity contribution in [3.8, 4) is 11.5 Å². The van der Waals surface area contributed by atoms with Gasteiger partial charge in [0.1, 0.15) is 0 Å². The molecular formula is C39H56O4. The predicted octanol–water partition coefficient (Wildman–Crippen LogP) is 9.70. The second-order valence-electron chi connectivity index (χ2n) is 17.2. The Morgan fingerprint density at radius 1 is 0.953 bits per heavy atom. The lowest BCUT2D eigenvalue weighted by Gasteiger charge is -2.70. The van der Waals surface area contributed by atoms with Gasteiger partial charge in [0.25, 0.3) is 0 Å². The smallest absolute Gasteiger partial charge is 0.330 e. The standard InChI is InChI=1S/C39H56O4/c1-25-14-16-36(5)28(26(25)2)15-17-38(7)33(36)12-10-29-30-23-35(3,4)18-20-39(30,21-19-37(29,38)6)24-43-34(42)13-9-27-8-11-31(40)32(41)22-27/h8-11,13,22,25-26,28,30,33,40-41H,12,14-21,23-24H2,1-7H3/b13-9+. The molecule has 0 amide bonds. The molecule has 43 heavy (non-hydrogen) atoms. The quantitative estimate of drug-likeness (QED) is 0.159. The largest absolute Gasteiger partial charge is 0.504 e. The van der Waals surface area contributed by atoms with Crippen molar-refractivity contribution in [3.63, 3.8) is 0 Å². The van der Waals surface area contributed by atoms with Crippen LogP contribution in [0, 0.1) is 56.7 Å². The molecule has 5 aliphatic rings. The Kier molecular flexibility index (Phi) is 7.45. The molecule has 4 saturated carbocycles. The molecule has 2 N–H and O–H groups in total. The number of ether oxygens (including phenoxy) is 1. The fourth-order valence-corrected chi connectivity index (χ4v) is 11.5. The normalized spacial score (nSPS) is 43.5. The van der Waals surface area contributed by atoms with Crippen molar-refractivity contribution in [1.29, 1.82) is 0 Å². The maximum atomic E-state index is 13.0. The van der Waals surface area contributed by atoms with Gasteiger partial charge in [-0.05, 0) is 139 Å². The third kappa shape index (κ3) is 4.80. The molecule has 0 aromatic heterocycles. The number of rotatable bonds is 4. The van der Waals surface area contributed by atoms with Gasteiger partial charge in [-0.1, -0.05) is 66.2 Å². The third-order valence-corrected chi connectivity index (χ3v) is 14.7. The molecule has 1 aromatic carbocycles. The Hall–Kier alpha value is -2.23. The van der Waals surface area contributed by atoms with Crippen molar-refractivity contribution in [2.24, 2.45) is 56.7 Å². The number of hydrogen-bond acceptors (Lipinski definition) is 4. The van der Waals surface area contributed by atoms with Gasteiger partial charge in [0.15, 0.2) is 11.5 Å². The van der Waals surface area contributed by atoms with Gasteiger partial charge in [-0.2, -0.15) is 0 Å². The second kappa shape index (κ2) is 10.4. The van der Waals surface area contributed by atoms with Crippen molar-refractivity contribution in [1.82, 2.24) is 0 Å². The minimum absolute atomic E-state index is 0.000251. The summed E-state index contributed by atoms with van der Waals surface area (Å²) < 4.78 is 6.07. The Morgan fingerprint density at radius 2 is 1.70 bits per heavy atom. The maximum Gasteiger partial charge on any atom is 0.330 e. The molecule has 5 aliphatic carbocycles. The monoisotopic (exact) mass is 588 g/mol. The number of allylic oxidation sites excluding steroid dienone is 2. The summed E-state index contributed by atoms with van der Waals surface area (Å²) in [6.45, 7) is 18.4. The molecular weight excluding hydrogens is 532 g/mol. The molecule has 236 valence electrons. The fourth-order valence-electron chi connectivity index (χ4n) is 11.5. The first kappa shape index (κ1) is 30.8. The van der Waals surface area contributed by atoms with Crippen LogP contribution in [0.3, 0.4) is 0 Å². The molecule has 9 atom stereocenters. The van der Waals surface area contributed by atoms with E-state index in [2.05, 4.69) is 54.5 Å². The molecule has 0 saturated heterocycles. The highest BCUT2D eigenvalue weighted by molar-refractivity contribution is 5.87. The maximum absolute atomic E-state index is 13.0.